The van der Waals surface area contributed by atoms with Gasteiger partial charge in [-0.05, 0) is 70.8 Å². The lowest BCUT2D eigenvalue weighted by Crippen LogP contribution is -2.60. The minimum Gasteiger partial charge on any atom is -0.315 e. The molecule has 0 amide bonds. The van der Waals surface area contributed by atoms with Crippen molar-refractivity contribution in [3.8, 4) is 0 Å². The van der Waals surface area contributed by atoms with Gasteiger partial charge in [0.15, 0.2) is 0 Å². The highest BCUT2D eigenvalue weighted by Gasteiger charge is 2.42. The predicted molar refractivity (Wildman–Crippen MR) is 94.7 cm³/mol. The SMILES string of the molecule is CNC(Cc1ccccc1Br)C1(N(C)C)CCC(C)CC1. The Hall–Kier alpha value is -0.380. The van der Waals surface area contributed by atoms with Gasteiger partial charge in [-0.2, -0.15) is 0 Å². The van der Waals surface area contributed by atoms with E-state index >= 15 is 0 Å². The zero-order chi connectivity index (χ0) is 15.5. The first-order valence-corrected chi connectivity index (χ1v) is 8.87. The van der Waals surface area contributed by atoms with Crippen molar-refractivity contribution in [3.05, 3.63) is 34.3 Å². The minimum atomic E-state index is 0.274. The Morgan fingerprint density at radius 1 is 1.29 bits per heavy atom. The molecular formula is C18H29BrN2. The van der Waals surface area contributed by atoms with Crippen LogP contribution < -0.4 is 5.32 Å². The molecule has 0 saturated heterocycles. The Morgan fingerprint density at radius 3 is 2.43 bits per heavy atom. The van der Waals surface area contributed by atoms with Gasteiger partial charge < -0.3 is 10.2 Å². The zero-order valence-corrected chi connectivity index (χ0v) is 15.4. The minimum absolute atomic E-state index is 0.274. The standard InChI is InChI=1S/C18H29BrN2/c1-14-9-11-18(12-10-14,21(3)4)17(20-2)13-15-7-5-6-8-16(15)19/h5-8,14,17,20H,9-13H2,1-4H3. The number of nitrogens with zero attached hydrogens (tertiary/aromatic N) is 1. The summed E-state index contributed by atoms with van der Waals surface area (Å²) in [6, 6.07) is 9.10. The number of hydrogen-bond donors (Lipinski definition) is 1. The molecule has 1 unspecified atom stereocenters. The normalized spacial score (nSPS) is 27.8. The molecule has 2 rings (SSSR count). The maximum atomic E-state index is 3.70. The summed E-state index contributed by atoms with van der Waals surface area (Å²) in [7, 11) is 6.62. The lowest BCUT2D eigenvalue weighted by Gasteiger charge is -2.50. The summed E-state index contributed by atoms with van der Waals surface area (Å²) in [4.78, 5) is 2.47. The molecule has 1 aromatic carbocycles. The summed E-state index contributed by atoms with van der Waals surface area (Å²) < 4.78 is 1.23. The Bertz CT molecular complexity index is 450. The number of rotatable bonds is 5. The molecule has 0 spiro atoms. The summed E-state index contributed by atoms with van der Waals surface area (Å²) in [6.45, 7) is 2.39. The molecule has 21 heavy (non-hydrogen) atoms. The summed E-state index contributed by atoms with van der Waals surface area (Å²) in [5, 5.41) is 3.62. The van der Waals surface area contributed by atoms with E-state index in [4.69, 9.17) is 0 Å². The number of nitrogens with one attached hydrogen (secondary N) is 1. The van der Waals surface area contributed by atoms with Crippen LogP contribution in [0.2, 0.25) is 0 Å². The molecule has 0 bridgehead atoms. The fraction of sp³-hybridized carbons (Fsp3) is 0.667. The number of benzene rings is 1. The molecule has 3 heteroatoms. The van der Waals surface area contributed by atoms with Crippen molar-refractivity contribution < 1.29 is 0 Å². The molecule has 0 aliphatic heterocycles. The van der Waals surface area contributed by atoms with Gasteiger partial charge in [-0.3, -0.25) is 0 Å². The second-order valence-electron chi connectivity index (χ2n) is 6.82. The van der Waals surface area contributed by atoms with E-state index in [9.17, 15) is 0 Å². The molecule has 1 atom stereocenters. The third-order valence-electron chi connectivity index (χ3n) is 5.41. The summed E-state index contributed by atoms with van der Waals surface area (Å²) in [5.41, 5.74) is 1.67. The first-order valence-electron chi connectivity index (χ1n) is 8.07. The van der Waals surface area contributed by atoms with Crippen molar-refractivity contribution in [2.24, 2.45) is 5.92 Å². The van der Waals surface area contributed by atoms with Gasteiger partial charge in [-0.25, -0.2) is 0 Å². The molecule has 1 aliphatic carbocycles. The van der Waals surface area contributed by atoms with Crippen LogP contribution in [0.5, 0.6) is 0 Å². The Morgan fingerprint density at radius 2 is 1.90 bits per heavy atom. The van der Waals surface area contributed by atoms with Crippen LogP contribution in [0.25, 0.3) is 0 Å². The van der Waals surface area contributed by atoms with Gasteiger partial charge in [0.2, 0.25) is 0 Å². The summed E-state index contributed by atoms with van der Waals surface area (Å²) in [5.74, 6) is 0.874. The van der Waals surface area contributed by atoms with Crippen molar-refractivity contribution in [1.82, 2.24) is 10.2 Å². The summed E-state index contributed by atoms with van der Waals surface area (Å²) >= 11 is 3.70. The molecule has 1 saturated carbocycles. The van der Waals surface area contributed by atoms with Gasteiger partial charge in [0, 0.05) is 16.1 Å². The predicted octanol–water partition coefficient (Wildman–Crippen LogP) is 4.09. The van der Waals surface area contributed by atoms with Gasteiger partial charge in [-0.1, -0.05) is 41.1 Å². The second-order valence-corrected chi connectivity index (χ2v) is 7.67. The van der Waals surface area contributed by atoms with Gasteiger partial charge in [-0.15, -0.1) is 0 Å². The Labute approximate surface area is 138 Å². The van der Waals surface area contributed by atoms with E-state index in [1.165, 1.54) is 35.7 Å². The van der Waals surface area contributed by atoms with E-state index < -0.39 is 0 Å². The summed E-state index contributed by atoms with van der Waals surface area (Å²) in [6.07, 6.45) is 6.33. The monoisotopic (exact) mass is 352 g/mol. The van der Waals surface area contributed by atoms with E-state index in [2.05, 4.69) is 78.5 Å². The lowest BCUT2D eigenvalue weighted by atomic mass is 9.70. The third kappa shape index (κ3) is 3.69. The van der Waals surface area contributed by atoms with Gasteiger partial charge >= 0.3 is 0 Å². The highest BCUT2D eigenvalue weighted by Crippen LogP contribution is 2.39. The molecule has 2 nitrogen and oxygen atoms in total. The van der Waals surface area contributed by atoms with Crippen LogP contribution in [-0.2, 0) is 6.42 Å². The van der Waals surface area contributed by atoms with E-state index in [0.29, 0.717) is 6.04 Å². The molecule has 1 N–H and O–H groups in total. The smallest absolute Gasteiger partial charge is 0.0359 e. The first-order chi connectivity index (χ1) is 9.99. The van der Waals surface area contributed by atoms with Crippen LogP contribution in [0.1, 0.15) is 38.2 Å². The van der Waals surface area contributed by atoms with Crippen LogP contribution in [-0.4, -0.2) is 37.6 Å². The van der Waals surface area contributed by atoms with Crippen LogP contribution >= 0.6 is 15.9 Å². The largest absolute Gasteiger partial charge is 0.315 e. The molecule has 0 aromatic heterocycles. The van der Waals surface area contributed by atoms with Crippen LogP contribution in [0.4, 0.5) is 0 Å². The average Bonchev–Trinajstić information content (AvgIpc) is 2.47. The van der Waals surface area contributed by atoms with Gasteiger partial charge in [0.1, 0.15) is 0 Å². The zero-order valence-electron chi connectivity index (χ0n) is 13.8. The quantitative estimate of drug-likeness (QED) is 0.858. The molecule has 0 radical (unpaired) electrons. The highest BCUT2D eigenvalue weighted by molar-refractivity contribution is 9.10. The second kappa shape index (κ2) is 7.26. The number of halogens is 1. The van der Waals surface area contributed by atoms with Crippen molar-refractivity contribution in [2.45, 2.75) is 50.6 Å². The maximum Gasteiger partial charge on any atom is 0.0359 e. The molecule has 1 fully saturated rings. The van der Waals surface area contributed by atoms with Crippen molar-refractivity contribution in [3.63, 3.8) is 0 Å². The van der Waals surface area contributed by atoms with Crippen molar-refractivity contribution in [2.75, 3.05) is 21.1 Å². The van der Waals surface area contributed by atoms with Crippen LogP contribution in [0.15, 0.2) is 28.7 Å². The molecular weight excluding hydrogens is 324 g/mol. The molecule has 0 heterocycles. The molecule has 118 valence electrons. The van der Waals surface area contributed by atoms with Crippen LogP contribution in [0, 0.1) is 5.92 Å². The van der Waals surface area contributed by atoms with E-state index in [-0.39, 0.29) is 5.54 Å². The third-order valence-corrected chi connectivity index (χ3v) is 6.18. The van der Waals surface area contributed by atoms with E-state index in [1.54, 1.807) is 0 Å². The fourth-order valence-electron chi connectivity index (χ4n) is 3.81. The van der Waals surface area contributed by atoms with Gasteiger partial charge in [0.05, 0.1) is 0 Å². The fourth-order valence-corrected chi connectivity index (χ4v) is 4.26. The van der Waals surface area contributed by atoms with Crippen LogP contribution in [0.3, 0.4) is 0 Å². The van der Waals surface area contributed by atoms with Crippen molar-refractivity contribution >= 4 is 15.9 Å². The van der Waals surface area contributed by atoms with E-state index in [0.717, 1.165) is 12.3 Å². The number of hydrogen-bond acceptors (Lipinski definition) is 2. The van der Waals surface area contributed by atoms with Crippen molar-refractivity contribution in [1.29, 1.82) is 0 Å². The highest BCUT2D eigenvalue weighted by atomic mass is 79.9. The number of likely N-dealkylation sites (N-methyl/N-ethyl adjacent to an activating group) is 2. The molecule has 1 aromatic rings. The average molecular weight is 353 g/mol. The molecule has 1 aliphatic rings. The van der Waals surface area contributed by atoms with E-state index in [1.807, 2.05) is 0 Å². The maximum absolute atomic E-state index is 3.70. The Kier molecular flexibility index (Phi) is 5.87. The van der Waals surface area contributed by atoms with Gasteiger partial charge in [0.25, 0.3) is 0 Å². The topological polar surface area (TPSA) is 15.3 Å². The Balaban J connectivity index is 2.23. The first kappa shape index (κ1) is 17.0. The lowest BCUT2D eigenvalue weighted by molar-refractivity contribution is 0.0460.